The number of benzene rings is 3. The number of dihydropyridines is 1. The molecular formula is C34H34ClNO4. The molecule has 0 saturated carbocycles. The molecule has 5 nitrogen and oxygen atoms in total. The number of ether oxygens (including phenoxy) is 2. The van der Waals surface area contributed by atoms with Crippen LogP contribution in [0.5, 0.6) is 5.75 Å². The Balaban J connectivity index is 1.57. The highest BCUT2D eigenvalue weighted by Crippen LogP contribution is 2.48. The molecule has 1 N–H and O–H groups in total. The highest BCUT2D eigenvalue weighted by atomic mass is 35.5. The monoisotopic (exact) mass is 555 g/mol. The molecule has 206 valence electrons. The molecule has 0 fully saturated rings. The quantitative estimate of drug-likeness (QED) is 0.290. The Hall–Kier alpha value is -3.83. The van der Waals surface area contributed by atoms with E-state index in [0.717, 1.165) is 22.4 Å². The fourth-order valence-corrected chi connectivity index (χ4v) is 5.63. The number of hydrogen-bond acceptors (Lipinski definition) is 5. The number of halogens is 1. The third-order valence-corrected chi connectivity index (χ3v) is 7.99. The lowest BCUT2D eigenvalue weighted by atomic mass is 9.71. The molecular weight excluding hydrogens is 522 g/mol. The number of nitrogens with one attached hydrogen (secondary N) is 1. The lowest BCUT2D eigenvalue weighted by Crippen LogP contribution is -2.36. The van der Waals surface area contributed by atoms with Crippen molar-refractivity contribution in [1.82, 2.24) is 5.32 Å². The molecule has 3 atom stereocenters. The van der Waals surface area contributed by atoms with Crippen LogP contribution >= 0.6 is 11.6 Å². The zero-order chi connectivity index (χ0) is 28.2. The van der Waals surface area contributed by atoms with Crippen LogP contribution in [0, 0.1) is 0 Å². The lowest BCUT2D eigenvalue weighted by Gasteiger charge is -2.37. The SMILES string of the molecule is CC[C@H](C)OC(=O)C1=C(C)NC2=C(C(=O)C[C@@H](c3ccc(Cl)cc3)C2)[C@H]1c1ccccc1OCc1ccccc1. The summed E-state index contributed by atoms with van der Waals surface area (Å²) in [5, 5.41) is 4.09. The Morgan fingerprint density at radius 2 is 1.70 bits per heavy atom. The number of ketones is 1. The van der Waals surface area contributed by atoms with Gasteiger partial charge in [0.25, 0.3) is 0 Å². The third kappa shape index (κ3) is 5.85. The average Bonchev–Trinajstić information content (AvgIpc) is 2.96. The second-order valence-corrected chi connectivity index (χ2v) is 10.9. The van der Waals surface area contributed by atoms with E-state index in [4.69, 9.17) is 21.1 Å². The van der Waals surface area contributed by atoms with Gasteiger partial charge >= 0.3 is 5.97 Å². The van der Waals surface area contributed by atoms with Gasteiger partial charge < -0.3 is 14.8 Å². The molecule has 0 bridgehead atoms. The highest BCUT2D eigenvalue weighted by Gasteiger charge is 2.42. The van der Waals surface area contributed by atoms with Gasteiger partial charge in [-0.15, -0.1) is 0 Å². The second kappa shape index (κ2) is 12.1. The fourth-order valence-electron chi connectivity index (χ4n) is 5.51. The van der Waals surface area contributed by atoms with Gasteiger partial charge in [0, 0.05) is 34.0 Å². The number of allylic oxidation sites excluding steroid dienone is 3. The van der Waals surface area contributed by atoms with Gasteiger partial charge in [-0.05, 0) is 61.9 Å². The summed E-state index contributed by atoms with van der Waals surface area (Å²) in [4.78, 5) is 27.6. The maximum atomic E-state index is 14.0. The van der Waals surface area contributed by atoms with Crippen molar-refractivity contribution in [3.05, 3.63) is 123 Å². The predicted octanol–water partition coefficient (Wildman–Crippen LogP) is 7.62. The standard InChI is InChI=1S/C34H34ClNO4/c1-4-21(2)40-34(38)31-22(3)36-28-18-25(24-14-16-26(35)17-15-24)19-29(37)33(28)32(31)27-12-8-9-13-30(27)39-20-23-10-6-5-7-11-23/h5-17,21,25,32,36H,4,18-20H2,1-3H3/t21-,25-,32-/m0/s1. The number of carbonyl (C=O) groups excluding carboxylic acids is 2. The summed E-state index contributed by atoms with van der Waals surface area (Å²) in [5.41, 5.74) is 5.48. The largest absolute Gasteiger partial charge is 0.489 e. The molecule has 3 aromatic carbocycles. The minimum Gasteiger partial charge on any atom is -0.489 e. The van der Waals surface area contributed by atoms with Crippen molar-refractivity contribution in [1.29, 1.82) is 0 Å². The van der Waals surface area contributed by atoms with Gasteiger partial charge in [0.05, 0.1) is 17.6 Å². The molecule has 0 aromatic heterocycles. The number of carbonyl (C=O) groups is 2. The van der Waals surface area contributed by atoms with E-state index in [1.807, 2.05) is 99.6 Å². The molecule has 40 heavy (non-hydrogen) atoms. The lowest BCUT2D eigenvalue weighted by molar-refractivity contribution is -0.144. The Morgan fingerprint density at radius 1 is 1.00 bits per heavy atom. The van der Waals surface area contributed by atoms with Crippen LogP contribution in [0.25, 0.3) is 0 Å². The van der Waals surface area contributed by atoms with Gasteiger partial charge in [0.15, 0.2) is 5.78 Å². The first-order chi connectivity index (χ1) is 19.4. The van der Waals surface area contributed by atoms with Crippen LogP contribution in [-0.4, -0.2) is 17.9 Å². The van der Waals surface area contributed by atoms with Crippen LogP contribution in [0.4, 0.5) is 0 Å². The number of hydrogen-bond donors (Lipinski definition) is 1. The van der Waals surface area contributed by atoms with Gasteiger partial charge in [-0.1, -0.05) is 79.2 Å². The van der Waals surface area contributed by atoms with E-state index < -0.39 is 11.9 Å². The molecule has 0 unspecified atom stereocenters. The maximum Gasteiger partial charge on any atom is 0.337 e. The Morgan fingerprint density at radius 3 is 2.42 bits per heavy atom. The molecule has 0 amide bonds. The zero-order valence-electron chi connectivity index (χ0n) is 23.1. The number of para-hydroxylation sites is 1. The van der Waals surface area contributed by atoms with Crippen molar-refractivity contribution in [3.63, 3.8) is 0 Å². The summed E-state index contributed by atoms with van der Waals surface area (Å²) in [6.07, 6.45) is 1.45. The normalized spacial score (nSPS) is 19.6. The zero-order valence-corrected chi connectivity index (χ0v) is 23.8. The van der Waals surface area contributed by atoms with Crippen molar-refractivity contribution in [2.75, 3.05) is 0 Å². The van der Waals surface area contributed by atoms with Crippen molar-refractivity contribution in [2.24, 2.45) is 0 Å². The summed E-state index contributed by atoms with van der Waals surface area (Å²) >= 11 is 6.12. The minimum absolute atomic E-state index is 0.0119. The van der Waals surface area contributed by atoms with Crippen LogP contribution < -0.4 is 10.1 Å². The molecule has 3 aromatic rings. The topological polar surface area (TPSA) is 64.6 Å². The summed E-state index contributed by atoms with van der Waals surface area (Å²) in [7, 11) is 0. The molecule has 1 heterocycles. The molecule has 0 saturated heterocycles. The summed E-state index contributed by atoms with van der Waals surface area (Å²) < 4.78 is 12.1. The van der Waals surface area contributed by atoms with Gasteiger partial charge in [0.1, 0.15) is 12.4 Å². The summed E-state index contributed by atoms with van der Waals surface area (Å²) in [5.74, 6) is -0.347. The van der Waals surface area contributed by atoms with Crippen molar-refractivity contribution < 1.29 is 19.1 Å². The van der Waals surface area contributed by atoms with Crippen molar-refractivity contribution >= 4 is 23.4 Å². The Labute approximate surface area is 240 Å². The first kappa shape index (κ1) is 27.7. The fraction of sp³-hybridized carbons (Fsp3) is 0.294. The second-order valence-electron chi connectivity index (χ2n) is 10.5. The van der Waals surface area contributed by atoms with E-state index in [1.165, 1.54) is 0 Å². The molecule has 0 radical (unpaired) electrons. The van der Waals surface area contributed by atoms with Crippen LogP contribution in [0.2, 0.25) is 5.02 Å². The highest BCUT2D eigenvalue weighted by molar-refractivity contribution is 6.30. The van der Waals surface area contributed by atoms with Crippen LogP contribution in [0.1, 0.15) is 68.6 Å². The van der Waals surface area contributed by atoms with Gasteiger partial charge in [-0.2, -0.15) is 0 Å². The van der Waals surface area contributed by atoms with Crippen LogP contribution in [0.15, 0.2) is 101 Å². The minimum atomic E-state index is -0.599. The van der Waals surface area contributed by atoms with Crippen LogP contribution in [0.3, 0.4) is 0 Å². The van der Waals surface area contributed by atoms with Crippen molar-refractivity contribution in [2.45, 2.75) is 64.6 Å². The molecule has 5 rings (SSSR count). The first-order valence-corrected chi connectivity index (χ1v) is 14.2. The molecule has 0 spiro atoms. The molecule has 1 aliphatic carbocycles. The number of esters is 1. The van der Waals surface area contributed by atoms with Gasteiger partial charge in [0.2, 0.25) is 0 Å². The Bertz CT molecular complexity index is 1460. The average molecular weight is 556 g/mol. The first-order valence-electron chi connectivity index (χ1n) is 13.8. The van der Waals surface area contributed by atoms with Crippen molar-refractivity contribution in [3.8, 4) is 5.75 Å². The maximum absolute atomic E-state index is 14.0. The van der Waals surface area contributed by atoms with E-state index in [9.17, 15) is 9.59 Å². The summed E-state index contributed by atoms with van der Waals surface area (Å²) in [6.45, 7) is 6.11. The number of Topliss-reactive ketones (excluding diaryl/α,β-unsaturated/α-hetero) is 1. The third-order valence-electron chi connectivity index (χ3n) is 7.74. The Kier molecular flexibility index (Phi) is 8.41. The van der Waals surface area contributed by atoms with Gasteiger partial charge in [-0.3, -0.25) is 4.79 Å². The van der Waals surface area contributed by atoms with E-state index in [1.54, 1.807) is 0 Å². The smallest absolute Gasteiger partial charge is 0.337 e. The predicted molar refractivity (Wildman–Crippen MR) is 157 cm³/mol. The van der Waals surface area contributed by atoms with E-state index in [-0.39, 0.29) is 17.8 Å². The van der Waals surface area contributed by atoms with Crippen LogP contribution in [-0.2, 0) is 20.9 Å². The number of rotatable bonds is 8. The van der Waals surface area contributed by atoms with E-state index in [2.05, 4.69) is 5.32 Å². The van der Waals surface area contributed by atoms with E-state index >= 15 is 0 Å². The summed E-state index contributed by atoms with van der Waals surface area (Å²) in [6, 6.07) is 25.3. The van der Waals surface area contributed by atoms with E-state index in [0.29, 0.717) is 53.5 Å². The molecule has 6 heteroatoms. The molecule has 1 aliphatic heterocycles. The van der Waals surface area contributed by atoms with Gasteiger partial charge in [-0.25, -0.2) is 4.79 Å². The molecule has 2 aliphatic rings.